The molecule has 0 fully saturated rings. The van der Waals surface area contributed by atoms with Crippen molar-refractivity contribution < 1.29 is 9.90 Å². The van der Waals surface area contributed by atoms with Crippen molar-refractivity contribution in [1.82, 2.24) is 5.32 Å². The zero-order valence-electron chi connectivity index (χ0n) is 14.3. The molecule has 4 nitrogen and oxygen atoms in total. The summed E-state index contributed by atoms with van der Waals surface area (Å²) in [6.07, 6.45) is 0. The quantitative estimate of drug-likeness (QED) is 0.432. The first kappa shape index (κ1) is 18.2. The zero-order chi connectivity index (χ0) is 18.8. The molecular weight excluding hydrogens is 368 g/mol. The van der Waals surface area contributed by atoms with Crippen LogP contribution in [-0.2, 0) is 0 Å². The van der Waals surface area contributed by atoms with Gasteiger partial charge in [0.1, 0.15) is 5.75 Å². The van der Waals surface area contributed by atoms with Crippen molar-refractivity contribution in [3.63, 3.8) is 0 Å². The van der Waals surface area contributed by atoms with Crippen molar-refractivity contribution in [3.8, 4) is 5.75 Å². The summed E-state index contributed by atoms with van der Waals surface area (Å²) < 4.78 is 0. The van der Waals surface area contributed by atoms with Crippen LogP contribution >= 0.6 is 23.8 Å². The summed E-state index contributed by atoms with van der Waals surface area (Å²) >= 11 is 11.4. The van der Waals surface area contributed by atoms with Gasteiger partial charge < -0.3 is 10.4 Å². The summed E-state index contributed by atoms with van der Waals surface area (Å²) in [6, 6.07) is 14.2. The third kappa shape index (κ3) is 3.64. The van der Waals surface area contributed by atoms with Gasteiger partial charge in [0.05, 0.1) is 5.69 Å². The van der Waals surface area contributed by atoms with E-state index in [2.05, 4.69) is 10.6 Å². The van der Waals surface area contributed by atoms with Crippen molar-refractivity contribution >= 4 is 51.3 Å². The molecule has 0 unspecified atom stereocenters. The van der Waals surface area contributed by atoms with Crippen molar-refractivity contribution in [1.29, 1.82) is 0 Å². The molecule has 0 bridgehead atoms. The van der Waals surface area contributed by atoms with Gasteiger partial charge in [-0.25, -0.2) is 0 Å². The van der Waals surface area contributed by atoms with E-state index in [4.69, 9.17) is 23.8 Å². The number of anilines is 1. The van der Waals surface area contributed by atoms with Crippen molar-refractivity contribution in [2.24, 2.45) is 0 Å². The van der Waals surface area contributed by atoms with Crippen LogP contribution in [0.15, 0.2) is 48.5 Å². The van der Waals surface area contributed by atoms with Crippen LogP contribution in [0.3, 0.4) is 0 Å². The number of aryl methyl sites for hydroxylation is 2. The van der Waals surface area contributed by atoms with E-state index in [1.165, 1.54) is 0 Å². The summed E-state index contributed by atoms with van der Waals surface area (Å²) in [5.74, 6) is -0.277. The Kier molecular flexibility index (Phi) is 5.11. The van der Waals surface area contributed by atoms with E-state index >= 15 is 0 Å². The van der Waals surface area contributed by atoms with Crippen molar-refractivity contribution in [2.75, 3.05) is 5.32 Å². The molecule has 26 heavy (non-hydrogen) atoms. The number of hydrogen-bond acceptors (Lipinski definition) is 3. The number of carbonyl (C=O) groups excluding carboxylic acids is 1. The van der Waals surface area contributed by atoms with E-state index in [0.29, 0.717) is 16.3 Å². The molecule has 0 saturated heterocycles. The van der Waals surface area contributed by atoms with Crippen LogP contribution in [0.1, 0.15) is 21.5 Å². The Hall–Kier alpha value is -2.63. The fourth-order valence-electron chi connectivity index (χ4n) is 2.69. The third-order valence-electron chi connectivity index (χ3n) is 4.20. The van der Waals surface area contributed by atoms with Crippen LogP contribution in [0, 0.1) is 13.8 Å². The van der Waals surface area contributed by atoms with E-state index in [-0.39, 0.29) is 16.8 Å². The number of halogens is 1. The number of nitrogens with one attached hydrogen (secondary N) is 2. The minimum atomic E-state index is -0.348. The van der Waals surface area contributed by atoms with Gasteiger partial charge in [0.25, 0.3) is 5.91 Å². The summed E-state index contributed by atoms with van der Waals surface area (Å²) in [6.45, 7) is 3.84. The minimum absolute atomic E-state index is 0.0710. The predicted molar refractivity (Wildman–Crippen MR) is 110 cm³/mol. The molecule has 3 aromatic rings. The molecule has 0 radical (unpaired) electrons. The Balaban J connectivity index is 1.82. The second-order valence-corrected chi connectivity index (χ2v) is 6.82. The number of phenolic OH excluding ortho intramolecular Hbond substituents is 1. The Morgan fingerprint density at radius 1 is 1.04 bits per heavy atom. The van der Waals surface area contributed by atoms with Crippen LogP contribution in [0.2, 0.25) is 5.02 Å². The normalized spacial score (nSPS) is 10.6. The maximum atomic E-state index is 12.6. The average molecular weight is 385 g/mol. The number of aromatic hydroxyl groups is 1. The highest BCUT2D eigenvalue weighted by Gasteiger charge is 2.13. The lowest BCUT2D eigenvalue weighted by Crippen LogP contribution is -2.34. The first-order valence-electron chi connectivity index (χ1n) is 7.96. The lowest BCUT2D eigenvalue weighted by Gasteiger charge is -2.13. The van der Waals surface area contributed by atoms with E-state index in [1.54, 1.807) is 36.4 Å². The van der Waals surface area contributed by atoms with Gasteiger partial charge in [-0.2, -0.15) is 0 Å². The van der Waals surface area contributed by atoms with Gasteiger partial charge in [0.2, 0.25) is 0 Å². The second kappa shape index (κ2) is 7.32. The molecule has 0 aliphatic carbocycles. The van der Waals surface area contributed by atoms with Gasteiger partial charge in [-0.15, -0.1) is 0 Å². The van der Waals surface area contributed by atoms with Gasteiger partial charge in [-0.1, -0.05) is 35.9 Å². The summed E-state index contributed by atoms with van der Waals surface area (Å²) in [7, 11) is 0. The first-order valence-corrected chi connectivity index (χ1v) is 8.75. The van der Waals surface area contributed by atoms with E-state index < -0.39 is 0 Å². The molecule has 132 valence electrons. The molecule has 0 aliphatic heterocycles. The summed E-state index contributed by atoms with van der Waals surface area (Å²) in [4.78, 5) is 12.6. The molecule has 0 aliphatic rings. The maximum Gasteiger partial charge on any atom is 0.258 e. The molecule has 0 spiro atoms. The van der Waals surface area contributed by atoms with Gasteiger partial charge in [0.15, 0.2) is 5.11 Å². The fraction of sp³-hybridized carbons (Fsp3) is 0.100. The molecule has 0 heterocycles. The highest BCUT2D eigenvalue weighted by atomic mass is 35.5. The lowest BCUT2D eigenvalue weighted by molar-refractivity contribution is 0.0979. The number of carbonyl (C=O) groups is 1. The first-order chi connectivity index (χ1) is 12.4. The van der Waals surface area contributed by atoms with Gasteiger partial charge in [0, 0.05) is 16.0 Å². The molecule has 6 heteroatoms. The second-order valence-electron chi connectivity index (χ2n) is 6.00. The number of phenols is 1. The van der Waals surface area contributed by atoms with Crippen LogP contribution in [0.4, 0.5) is 5.69 Å². The highest BCUT2D eigenvalue weighted by molar-refractivity contribution is 7.80. The zero-order valence-corrected chi connectivity index (χ0v) is 15.8. The Bertz CT molecular complexity index is 1030. The Morgan fingerprint density at radius 2 is 1.69 bits per heavy atom. The molecule has 1 amide bonds. The van der Waals surface area contributed by atoms with E-state index in [9.17, 15) is 9.90 Å². The summed E-state index contributed by atoms with van der Waals surface area (Å²) in [5, 5.41) is 17.8. The van der Waals surface area contributed by atoms with Gasteiger partial charge in [-0.3, -0.25) is 10.1 Å². The van der Waals surface area contributed by atoms with E-state index in [1.807, 2.05) is 26.0 Å². The monoisotopic (exact) mass is 384 g/mol. The van der Waals surface area contributed by atoms with E-state index in [0.717, 1.165) is 21.9 Å². The minimum Gasteiger partial charge on any atom is -0.506 e. The number of hydrogen-bond donors (Lipinski definition) is 3. The maximum absolute atomic E-state index is 12.6. The van der Waals surface area contributed by atoms with Gasteiger partial charge >= 0.3 is 0 Å². The molecule has 3 N–H and O–H groups in total. The molecule has 3 aromatic carbocycles. The van der Waals surface area contributed by atoms with Crippen molar-refractivity contribution in [2.45, 2.75) is 13.8 Å². The molecule has 0 atom stereocenters. The fourth-order valence-corrected chi connectivity index (χ4v) is 3.13. The Labute approximate surface area is 161 Å². The highest BCUT2D eigenvalue weighted by Crippen LogP contribution is 2.27. The predicted octanol–water partition coefficient (Wildman–Crippen LogP) is 4.94. The third-order valence-corrected chi connectivity index (χ3v) is 4.73. The average Bonchev–Trinajstić information content (AvgIpc) is 2.59. The molecule has 0 aromatic heterocycles. The SMILES string of the molecule is Cc1cc(O)c(NC(=S)NC(=O)c2cccc3c(Cl)cccc23)cc1C. The molecule has 0 saturated carbocycles. The van der Waals surface area contributed by atoms with Crippen LogP contribution < -0.4 is 10.6 Å². The largest absolute Gasteiger partial charge is 0.506 e. The standard InChI is InChI=1S/C20H17ClN2O2S/c1-11-9-17(18(24)10-12(11)2)22-20(26)23-19(25)15-7-3-6-14-13(15)5-4-8-16(14)21/h3-10,24H,1-2H3,(H2,22,23,25,26). The van der Waals surface area contributed by atoms with Crippen LogP contribution in [0.5, 0.6) is 5.75 Å². The van der Waals surface area contributed by atoms with Crippen LogP contribution in [-0.4, -0.2) is 16.1 Å². The Morgan fingerprint density at radius 3 is 2.46 bits per heavy atom. The smallest absolute Gasteiger partial charge is 0.258 e. The number of thiocarbonyl (C=S) groups is 1. The number of amides is 1. The number of benzene rings is 3. The number of rotatable bonds is 2. The van der Waals surface area contributed by atoms with Crippen molar-refractivity contribution in [3.05, 3.63) is 70.2 Å². The lowest BCUT2D eigenvalue weighted by atomic mass is 10.0. The molecule has 3 rings (SSSR count). The topological polar surface area (TPSA) is 61.4 Å². The summed E-state index contributed by atoms with van der Waals surface area (Å²) in [5.41, 5.74) is 2.89. The molecular formula is C20H17ClN2O2S. The number of fused-ring (bicyclic) bond motifs is 1. The van der Waals surface area contributed by atoms with Gasteiger partial charge in [-0.05, 0) is 66.8 Å². The van der Waals surface area contributed by atoms with Crippen LogP contribution in [0.25, 0.3) is 10.8 Å².